The topological polar surface area (TPSA) is 107 Å². The van der Waals surface area contributed by atoms with Crippen molar-refractivity contribution in [3.05, 3.63) is 98.2 Å². The molecule has 4 heterocycles. The third kappa shape index (κ3) is 5.42. The van der Waals surface area contributed by atoms with E-state index in [-0.39, 0.29) is 12.4 Å². The van der Waals surface area contributed by atoms with Gasteiger partial charge >= 0.3 is 0 Å². The van der Waals surface area contributed by atoms with Crippen molar-refractivity contribution in [1.82, 2.24) is 30.1 Å². The fourth-order valence-electron chi connectivity index (χ4n) is 4.88. The summed E-state index contributed by atoms with van der Waals surface area (Å²) in [6.07, 6.45) is 0.798. The predicted molar refractivity (Wildman–Crippen MR) is 147 cm³/mol. The summed E-state index contributed by atoms with van der Waals surface area (Å²) in [5.74, 6) is 1.86. The Hall–Kier alpha value is -4.06. The van der Waals surface area contributed by atoms with Crippen molar-refractivity contribution in [2.75, 3.05) is 27.1 Å². The molecule has 1 atom stereocenters. The molecule has 0 bridgehead atoms. The molecule has 0 saturated carbocycles. The summed E-state index contributed by atoms with van der Waals surface area (Å²) in [7, 11) is 1.64. The molecule has 1 aliphatic rings. The first-order chi connectivity index (χ1) is 19.2. The number of aromatic amines is 1. The Morgan fingerprint density at radius 3 is 2.77 bits per heavy atom. The highest BCUT2D eigenvalue weighted by Gasteiger charge is 2.31. The highest BCUT2D eigenvalue weighted by atomic mass is 32.1. The molecule has 6 rings (SSSR count). The minimum atomic E-state index is -0.513. The zero-order chi connectivity index (χ0) is 26.6. The van der Waals surface area contributed by atoms with Crippen LogP contribution in [0.5, 0.6) is 11.5 Å². The minimum Gasteiger partial charge on any atom is -0.454 e. The van der Waals surface area contributed by atoms with E-state index in [9.17, 15) is 4.79 Å². The molecule has 0 saturated heterocycles. The Morgan fingerprint density at radius 1 is 1.13 bits per heavy atom. The van der Waals surface area contributed by atoms with Gasteiger partial charge in [-0.1, -0.05) is 36.4 Å². The lowest BCUT2D eigenvalue weighted by atomic mass is 10.0. The number of benzene rings is 2. The molecule has 3 aromatic heterocycles. The van der Waals surface area contributed by atoms with E-state index in [2.05, 4.69) is 49.0 Å². The van der Waals surface area contributed by atoms with Crippen LogP contribution in [0.4, 0.5) is 0 Å². The van der Waals surface area contributed by atoms with Gasteiger partial charge in [-0.3, -0.25) is 9.69 Å². The number of hydrogen-bond acceptors (Lipinski definition) is 9. The van der Waals surface area contributed by atoms with Crippen LogP contribution in [0.1, 0.15) is 27.9 Å². The van der Waals surface area contributed by atoms with Crippen LogP contribution in [0, 0.1) is 0 Å². The van der Waals surface area contributed by atoms with Crippen molar-refractivity contribution in [1.29, 1.82) is 0 Å². The van der Waals surface area contributed by atoms with Crippen molar-refractivity contribution in [3.8, 4) is 11.5 Å². The maximum atomic E-state index is 13.7. The van der Waals surface area contributed by atoms with Crippen molar-refractivity contribution in [3.63, 3.8) is 0 Å². The van der Waals surface area contributed by atoms with Crippen LogP contribution >= 0.6 is 11.3 Å². The van der Waals surface area contributed by atoms with E-state index in [1.807, 2.05) is 36.4 Å². The smallest absolute Gasteiger partial charge is 0.253 e. The van der Waals surface area contributed by atoms with Gasteiger partial charge in [0.15, 0.2) is 17.3 Å². The Balaban J connectivity index is 1.47. The van der Waals surface area contributed by atoms with Crippen molar-refractivity contribution in [2.45, 2.75) is 25.6 Å². The number of methoxy groups -OCH3 is 1. The molecule has 0 spiro atoms. The van der Waals surface area contributed by atoms with E-state index in [0.29, 0.717) is 54.6 Å². The number of nitrogens with zero attached hydrogens (tertiary/aromatic N) is 5. The van der Waals surface area contributed by atoms with Gasteiger partial charge in [-0.15, -0.1) is 16.4 Å². The van der Waals surface area contributed by atoms with Crippen LogP contribution in [-0.4, -0.2) is 57.1 Å². The molecule has 1 aliphatic heterocycles. The van der Waals surface area contributed by atoms with Gasteiger partial charge in [-0.05, 0) is 46.0 Å². The Bertz CT molecular complexity index is 1600. The van der Waals surface area contributed by atoms with Gasteiger partial charge in [0.05, 0.1) is 18.7 Å². The standard InChI is InChI=1S/C28H28N6O4S/c1-36-12-11-34-27(30-31-32-34)26(22-14-20-15-24-25(38-18-37-24)16-23(20)29-28(22)35)33(17-21-8-5-13-39-21)10-9-19-6-3-2-4-7-19/h2-8,13-16,26H,9-12,17-18H2,1H3,(H,29,35). The lowest BCUT2D eigenvalue weighted by molar-refractivity contribution is 0.172. The quantitative estimate of drug-likeness (QED) is 0.268. The minimum absolute atomic E-state index is 0.160. The maximum absolute atomic E-state index is 13.7. The van der Waals surface area contributed by atoms with E-state index in [1.54, 1.807) is 29.2 Å². The highest BCUT2D eigenvalue weighted by Crippen LogP contribution is 2.36. The molecule has 1 unspecified atom stereocenters. The second-order valence-corrected chi connectivity index (χ2v) is 10.3. The molecule has 39 heavy (non-hydrogen) atoms. The molecule has 0 amide bonds. The van der Waals surface area contributed by atoms with E-state index in [1.165, 1.54) is 10.4 Å². The molecule has 10 nitrogen and oxygen atoms in total. The van der Waals surface area contributed by atoms with Crippen LogP contribution in [0.2, 0.25) is 0 Å². The van der Waals surface area contributed by atoms with E-state index in [4.69, 9.17) is 14.2 Å². The second kappa shape index (κ2) is 11.4. The van der Waals surface area contributed by atoms with Gasteiger partial charge in [0.1, 0.15) is 6.04 Å². The van der Waals surface area contributed by atoms with Crippen molar-refractivity contribution < 1.29 is 14.2 Å². The Labute approximate surface area is 228 Å². The zero-order valence-corrected chi connectivity index (χ0v) is 22.3. The number of fused-ring (bicyclic) bond motifs is 2. The summed E-state index contributed by atoms with van der Waals surface area (Å²) in [5.41, 5.74) is 2.24. The Morgan fingerprint density at radius 2 is 1.97 bits per heavy atom. The lowest BCUT2D eigenvalue weighted by Crippen LogP contribution is -2.36. The maximum Gasteiger partial charge on any atom is 0.253 e. The molecule has 200 valence electrons. The molecule has 11 heteroatoms. The number of rotatable bonds is 11. The highest BCUT2D eigenvalue weighted by molar-refractivity contribution is 7.09. The summed E-state index contributed by atoms with van der Waals surface area (Å²) in [4.78, 5) is 20.2. The van der Waals surface area contributed by atoms with Gasteiger partial charge in [-0.2, -0.15) is 0 Å². The van der Waals surface area contributed by atoms with Crippen molar-refractivity contribution in [2.24, 2.45) is 0 Å². The molecule has 0 radical (unpaired) electrons. The summed E-state index contributed by atoms with van der Waals surface area (Å²) in [6, 6.07) is 19.6. The van der Waals surface area contributed by atoms with Crippen LogP contribution in [-0.2, 0) is 24.2 Å². The van der Waals surface area contributed by atoms with Gasteiger partial charge in [0.25, 0.3) is 5.56 Å². The molecule has 0 fully saturated rings. The third-order valence-electron chi connectivity index (χ3n) is 6.81. The van der Waals surface area contributed by atoms with E-state index < -0.39 is 6.04 Å². The number of pyridine rings is 1. The summed E-state index contributed by atoms with van der Waals surface area (Å²) < 4.78 is 18.2. The molecule has 5 aromatic rings. The Kier molecular flexibility index (Phi) is 7.35. The number of aromatic nitrogens is 5. The van der Waals surface area contributed by atoms with Gasteiger partial charge in [0, 0.05) is 42.1 Å². The molecular weight excluding hydrogens is 516 g/mol. The number of nitrogens with one attached hydrogen (secondary N) is 1. The fraction of sp³-hybridized carbons (Fsp3) is 0.286. The van der Waals surface area contributed by atoms with E-state index in [0.717, 1.165) is 11.8 Å². The normalized spacial score (nSPS) is 13.4. The van der Waals surface area contributed by atoms with Crippen molar-refractivity contribution >= 4 is 22.2 Å². The van der Waals surface area contributed by atoms with E-state index >= 15 is 0 Å². The lowest BCUT2D eigenvalue weighted by Gasteiger charge is -2.30. The molecule has 2 aromatic carbocycles. The fourth-order valence-corrected chi connectivity index (χ4v) is 5.61. The SMILES string of the molecule is COCCn1nnnc1C(c1cc2cc3c(cc2[nH]c1=O)OCO3)N(CCc1ccccc1)Cc1cccs1. The first-order valence-corrected chi connectivity index (χ1v) is 13.6. The summed E-state index contributed by atoms with van der Waals surface area (Å²) in [6.45, 7) is 2.38. The average Bonchev–Trinajstić information content (AvgIpc) is 3.73. The number of hydrogen-bond donors (Lipinski definition) is 1. The third-order valence-corrected chi connectivity index (χ3v) is 7.67. The van der Waals surface area contributed by atoms with Gasteiger partial charge in [-0.25, -0.2) is 4.68 Å². The predicted octanol–water partition coefficient (Wildman–Crippen LogP) is 3.79. The van der Waals surface area contributed by atoms with Crippen LogP contribution in [0.15, 0.2) is 70.8 Å². The first-order valence-electron chi connectivity index (χ1n) is 12.7. The number of ether oxygens (including phenoxy) is 3. The number of tetrazole rings is 1. The largest absolute Gasteiger partial charge is 0.454 e. The molecule has 1 N–H and O–H groups in total. The monoisotopic (exact) mass is 544 g/mol. The van der Waals surface area contributed by atoms with Crippen LogP contribution in [0.3, 0.4) is 0 Å². The van der Waals surface area contributed by atoms with Crippen LogP contribution in [0.25, 0.3) is 10.9 Å². The first kappa shape index (κ1) is 25.2. The second-order valence-electron chi connectivity index (χ2n) is 9.29. The number of H-pyrrole nitrogens is 1. The van der Waals surface area contributed by atoms with Crippen LogP contribution < -0.4 is 15.0 Å². The van der Waals surface area contributed by atoms with Gasteiger partial charge < -0.3 is 19.2 Å². The molecular formula is C28H28N6O4S. The average molecular weight is 545 g/mol. The summed E-state index contributed by atoms with van der Waals surface area (Å²) >= 11 is 1.68. The van der Waals surface area contributed by atoms with Gasteiger partial charge in [0.2, 0.25) is 6.79 Å². The molecule has 0 aliphatic carbocycles. The summed E-state index contributed by atoms with van der Waals surface area (Å²) in [5, 5.41) is 15.6. The zero-order valence-electron chi connectivity index (χ0n) is 21.4. The number of thiophene rings is 1.